The van der Waals surface area contributed by atoms with E-state index in [1.165, 1.54) is 23.2 Å². The predicted molar refractivity (Wildman–Crippen MR) is 115 cm³/mol. The SMILES string of the molecule is CN1CCc2nc(N/C=C(/C#N)C(=O)N3CCN(c4ccc(F)cc4)CC3)sc2C1. The summed E-state index contributed by atoms with van der Waals surface area (Å²) < 4.78 is 13.1. The van der Waals surface area contributed by atoms with Gasteiger partial charge < -0.3 is 20.0 Å². The van der Waals surface area contributed by atoms with Crippen LogP contribution in [-0.4, -0.2) is 60.5 Å². The van der Waals surface area contributed by atoms with Gasteiger partial charge in [0.15, 0.2) is 5.13 Å². The van der Waals surface area contributed by atoms with Crippen LogP contribution in [0.1, 0.15) is 10.6 Å². The van der Waals surface area contributed by atoms with Gasteiger partial charge in [0.1, 0.15) is 17.5 Å². The number of hydrogen-bond acceptors (Lipinski definition) is 7. The van der Waals surface area contributed by atoms with Crippen LogP contribution in [0.15, 0.2) is 36.0 Å². The molecule has 1 fully saturated rings. The van der Waals surface area contributed by atoms with Crippen molar-refractivity contribution in [3.63, 3.8) is 0 Å². The maximum Gasteiger partial charge on any atom is 0.266 e. The summed E-state index contributed by atoms with van der Waals surface area (Å²) in [6, 6.07) is 8.35. The number of benzene rings is 1. The van der Waals surface area contributed by atoms with Gasteiger partial charge >= 0.3 is 0 Å². The molecule has 4 rings (SSSR count). The second-order valence-corrected chi connectivity index (χ2v) is 8.53. The molecule has 2 aliphatic rings. The molecule has 9 heteroatoms. The molecule has 0 bridgehead atoms. The fourth-order valence-corrected chi connectivity index (χ4v) is 4.71. The number of halogens is 1. The highest BCUT2D eigenvalue weighted by Crippen LogP contribution is 2.28. The Morgan fingerprint density at radius 3 is 2.67 bits per heavy atom. The first kappa shape index (κ1) is 20.3. The van der Waals surface area contributed by atoms with Crippen LogP contribution < -0.4 is 10.2 Å². The van der Waals surface area contributed by atoms with E-state index in [0.717, 1.165) is 30.9 Å². The van der Waals surface area contributed by atoms with Gasteiger partial charge in [-0.2, -0.15) is 5.26 Å². The van der Waals surface area contributed by atoms with Gasteiger partial charge in [0.25, 0.3) is 5.91 Å². The number of nitriles is 1. The minimum atomic E-state index is -0.287. The van der Waals surface area contributed by atoms with E-state index in [1.807, 2.05) is 6.07 Å². The number of anilines is 2. The van der Waals surface area contributed by atoms with Crippen LogP contribution in [0.3, 0.4) is 0 Å². The van der Waals surface area contributed by atoms with Crippen molar-refractivity contribution in [3.05, 3.63) is 52.4 Å². The number of rotatable bonds is 4. The molecule has 30 heavy (non-hydrogen) atoms. The summed E-state index contributed by atoms with van der Waals surface area (Å²) in [7, 11) is 2.08. The largest absolute Gasteiger partial charge is 0.368 e. The van der Waals surface area contributed by atoms with E-state index in [1.54, 1.807) is 28.4 Å². The number of likely N-dealkylation sites (N-methyl/N-ethyl adjacent to an activating group) is 1. The van der Waals surface area contributed by atoms with E-state index >= 15 is 0 Å². The summed E-state index contributed by atoms with van der Waals surface area (Å²) in [4.78, 5) is 24.6. The number of amides is 1. The number of aromatic nitrogens is 1. The fourth-order valence-electron chi connectivity index (χ4n) is 3.65. The van der Waals surface area contributed by atoms with Gasteiger partial charge in [0.2, 0.25) is 0 Å². The van der Waals surface area contributed by atoms with E-state index in [4.69, 9.17) is 0 Å². The van der Waals surface area contributed by atoms with Crippen LogP contribution >= 0.6 is 11.3 Å². The summed E-state index contributed by atoms with van der Waals surface area (Å²) in [5.74, 6) is -0.554. The number of thiazole rings is 1. The number of nitrogens with one attached hydrogen (secondary N) is 1. The zero-order valence-corrected chi connectivity index (χ0v) is 17.6. The highest BCUT2D eigenvalue weighted by molar-refractivity contribution is 7.15. The molecule has 0 atom stereocenters. The molecule has 0 unspecified atom stereocenters. The predicted octanol–water partition coefficient (Wildman–Crippen LogP) is 2.44. The Balaban J connectivity index is 1.36. The standard InChI is InChI=1S/C21H23FN6OS/c1-26-7-6-18-19(14-26)30-21(25-18)24-13-15(12-23)20(29)28-10-8-27(9-11-28)17-4-2-16(22)3-5-17/h2-5,13H,6-11,14H2,1H3,(H,24,25)/b15-13-. The van der Waals surface area contributed by atoms with Crippen molar-refractivity contribution < 1.29 is 9.18 Å². The van der Waals surface area contributed by atoms with Gasteiger partial charge in [-0.25, -0.2) is 9.37 Å². The van der Waals surface area contributed by atoms with Crippen LogP contribution in [0.4, 0.5) is 15.2 Å². The Morgan fingerprint density at radius 1 is 1.23 bits per heavy atom. The quantitative estimate of drug-likeness (QED) is 0.598. The normalized spacial score (nSPS) is 17.4. The number of carbonyl (C=O) groups is 1. The van der Waals surface area contributed by atoms with E-state index in [-0.39, 0.29) is 17.3 Å². The Bertz CT molecular complexity index is 988. The molecule has 0 aliphatic carbocycles. The second kappa shape index (κ2) is 8.81. The van der Waals surface area contributed by atoms with Gasteiger partial charge in [0.05, 0.1) is 5.69 Å². The molecule has 7 nitrogen and oxygen atoms in total. The highest BCUT2D eigenvalue weighted by Gasteiger charge is 2.24. The van der Waals surface area contributed by atoms with Crippen LogP contribution in [-0.2, 0) is 17.8 Å². The van der Waals surface area contributed by atoms with Gasteiger partial charge in [-0.3, -0.25) is 4.79 Å². The van der Waals surface area contributed by atoms with Crippen molar-refractivity contribution >= 4 is 28.1 Å². The van der Waals surface area contributed by atoms with Crippen molar-refractivity contribution in [1.82, 2.24) is 14.8 Å². The fraction of sp³-hybridized carbons (Fsp3) is 0.381. The third-order valence-corrected chi connectivity index (χ3v) is 6.39. The summed E-state index contributed by atoms with van der Waals surface area (Å²) in [6.07, 6.45) is 2.37. The molecule has 156 valence electrons. The lowest BCUT2D eigenvalue weighted by atomic mass is 10.2. The average molecular weight is 427 g/mol. The summed E-state index contributed by atoms with van der Waals surface area (Å²) in [5, 5.41) is 13.2. The van der Waals surface area contributed by atoms with Crippen LogP contribution in [0, 0.1) is 17.1 Å². The first-order valence-electron chi connectivity index (χ1n) is 9.87. The zero-order chi connectivity index (χ0) is 21.1. The van der Waals surface area contributed by atoms with Gasteiger partial charge in [-0.15, -0.1) is 11.3 Å². The lowest BCUT2D eigenvalue weighted by Crippen LogP contribution is -2.49. The van der Waals surface area contributed by atoms with E-state index in [9.17, 15) is 14.4 Å². The van der Waals surface area contributed by atoms with E-state index in [0.29, 0.717) is 31.3 Å². The van der Waals surface area contributed by atoms with Crippen molar-refractivity contribution in [2.75, 3.05) is 50.0 Å². The maximum atomic E-state index is 13.1. The molecule has 0 spiro atoms. The van der Waals surface area contributed by atoms with Crippen LogP contribution in [0.5, 0.6) is 0 Å². The number of fused-ring (bicyclic) bond motifs is 1. The zero-order valence-electron chi connectivity index (χ0n) is 16.8. The van der Waals surface area contributed by atoms with Crippen molar-refractivity contribution in [2.45, 2.75) is 13.0 Å². The molecule has 1 aromatic heterocycles. The molecule has 1 N–H and O–H groups in total. The molecular formula is C21H23FN6OS. The lowest BCUT2D eigenvalue weighted by Gasteiger charge is -2.36. The third-order valence-electron chi connectivity index (χ3n) is 5.37. The van der Waals surface area contributed by atoms with Gasteiger partial charge in [-0.1, -0.05) is 0 Å². The molecular weight excluding hydrogens is 403 g/mol. The number of hydrogen-bond donors (Lipinski definition) is 1. The first-order chi connectivity index (χ1) is 14.5. The molecule has 1 aromatic carbocycles. The minimum absolute atomic E-state index is 0.0653. The number of piperazine rings is 1. The summed E-state index contributed by atoms with van der Waals surface area (Å²) in [5.41, 5.74) is 2.09. The minimum Gasteiger partial charge on any atom is -0.368 e. The molecule has 2 aromatic rings. The monoisotopic (exact) mass is 426 g/mol. The molecule has 0 saturated carbocycles. The Morgan fingerprint density at radius 2 is 1.97 bits per heavy atom. The second-order valence-electron chi connectivity index (χ2n) is 7.45. The number of carbonyl (C=O) groups excluding carboxylic acids is 1. The van der Waals surface area contributed by atoms with Gasteiger partial charge in [-0.05, 0) is 31.3 Å². The molecule has 0 radical (unpaired) electrons. The smallest absolute Gasteiger partial charge is 0.266 e. The van der Waals surface area contributed by atoms with Crippen LogP contribution in [0.25, 0.3) is 0 Å². The van der Waals surface area contributed by atoms with Crippen LogP contribution in [0.2, 0.25) is 0 Å². The third kappa shape index (κ3) is 4.45. The maximum absolute atomic E-state index is 13.1. The van der Waals surface area contributed by atoms with Gasteiger partial charge in [0, 0.05) is 62.5 Å². The van der Waals surface area contributed by atoms with Crippen molar-refractivity contribution in [3.8, 4) is 6.07 Å². The number of nitrogens with zero attached hydrogens (tertiary/aromatic N) is 5. The van der Waals surface area contributed by atoms with Crippen molar-refractivity contribution in [1.29, 1.82) is 5.26 Å². The Hall–Kier alpha value is -2.96. The van der Waals surface area contributed by atoms with Crippen molar-refractivity contribution in [2.24, 2.45) is 0 Å². The first-order valence-corrected chi connectivity index (χ1v) is 10.7. The topological polar surface area (TPSA) is 75.5 Å². The van der Waals surface area contributed by atoms with E-state index in [2.05, 4.69) is 27.1 Å². The summed E-state index contributed by atoms with van der Waals surface area (Å²) >= 11 is 1.56. The Kier molecular flexibility index (Phi) is 5.97. The molecule has 1 amide bonds. The molecule has 2 aliphatic heterocycles. The highest BCUT2D eigenvalue weighted by atomic mass is 32.1. The average Bonchev–Trinajstić information content (AvgIpc) is 3.16. The molecule has 3 heterocycles. The summed E-state index contributed by atoms with van der Waals surface area (Å²) in [6.45, 7) is 4.14. The Labute approximate surface area is 179 Å². The van der Waals surface area contributed by atoms with E-state index < -0.39 is 0 Å². The lowest BCUT2D eigenvalue weighted by molar-refractivity contribution is -0.127. The molecule has 1 saturated heterocycles.